The molecule has 0 heterocycles. The zero-order valence-electron chi connectivity index (χ0n) is 19.5. The van der Waals surface area contributed by atoms with Gasteiger partial charge in [-0.25, -0.2) is 12.8 Å². The molecule has 0 radical (unpaired) electrons. The van der Waals surface area contributed by atoms with E-state index < -0.39 is 34.3 Å². The minimum absolute atomic E-state index is 0.00767. The second-order valence-electron chi connectivity index (χ2n) is 8.71. The number of carbonyl (C=O) groups excluding carboxylic acids is 2. The fourth-order valence-corrected chi connectivity index (χ4v) is 5.41. The molecule has 0 spiro atoms. The summed E-state index contributed by atoms with van der Waals surface area (Å²) >= 11 is 12.1. The predicted molar refractivity (Wildman–Crippen MR) is 135 cm³/mol. The minimum atomic E-state index is -3.90. The van der Waals surface area contributed by atoms with Gasteiger partial charge in [-0.05, 0) is 55.7 Å². The van der Waals surface area contributed by atoms with Crippen molar-refractivity contribution in [3.8, 4) is 0 Å². The largest absolute Gasteiger partial charge is 0.352 e. The molecular formula is C24H28Cl2FN3O4S. The van der Waals surface area contributed by atoms with Crippen molar-refractivity contribution < 1.29 is 22.4 Å². The molecule has 1 saturated carbocycles. The summed E-state index contributed by atoms with van der Waals surface area (Å²) in [7, 11) is -3.90. The van der Waals surface area contributed by atoms with Crippen molar-refractivity contribution in [1.29, 1.82) is 0 Å². The SMILES string of the molecule is CC(C(=O)NC1CCCC1)N(Cc1ccc(F)cc1)C(=O)CN(c1cc(Cl)cc(Cl)c1)S(C)(=O)=O. The van der Waals surface area contributed by atoms with Crippen molar-refractivity contribution >= 4 is 50.7 Å². The van der Waals surface area contributed by atoms with Crippen LogP contribution in [-0.2, 0) is 26.2 Å². The summed E-state index contributed by atoms with van der Waals surface area (Å²) in [4.78, 5) is 27.8. The number of carbonyl (C=O) groups is 2. The summed E-state index contributed by atoms with van der Waals surface area (Å²) < 4.78 is 39.5. The molecule has 11 heteroatoms. The van der Waals surface area contributed by atoms with Gasteiger partial charge in [-0.1, -0.05) is 48.2 Å². The highest BCUT2D eigenvalue weighted by molar-refractivity contribution is 7.92. The molecule has 190 valence electrons. The zero-order chi connectivity index (χ0) is 25.8. The maximum absolute atomic E-state index is 13.5. The highest BCUT2D eigenvalue weighted by atomic mass is 35.5. The number of hydrogen-bond acceptors (Lipinski definition) is 4. The van der Waals surface area contributed by atoms with E-state index in [0.29, 0.717) is 5.56 Å². The molecular weight excluding hydrogens is 516 g/mol. The number of rotatable bonds is 9. The Bertz CT molecular complexity index is 1150. The molecule has 0 aromatic heterocycles. The van der Waals surface area contributed by atoms with Gasteiger partial charge in [-0.2, -0.15) is 0 Å². The Morgan fingerprint density at radius 1 is 1.09 bits per heavy atom. The molecule has 1 atom stereocenters. The molecule has 3 rings (SSSR count). The number of nitrogens with one attached hydrogen (secondary N) is 1. The first kappa shape index (κ1) is 27.2. The summed E-state index contributed by atoms with van der Waals surface area (Å²) in [5, 5.41) is 3.40. The number of anilines is 1. The zero-order valence-corrected chi connectivity index (χ0v) is 21.8. The van der Waals surface area contributed by atoms with Gasteiger partial charge >= 0.3 is 0 Å². The van der Waals surface area contributed by atoms with Crippen molar-refractivity contribution in [2.45, 2.75) is 51.2 Å². The molecule has 0 saturated heterocycles. The van der Waals surface area contributed by atoms with Crippen LogP contribution in [0, 0.1) is 5.82 Å². The van der Waals surface area contributed by atoms with Gasteiger partial charge in [-0.3, -0.25) is 13.9 Å². The maximum atomic E-state index is 13.5. The molecule has 1 aliphatic rings. The van der Waals surface area contributed by atoms with Gasteiger partial charge in [0, 0.05) is 22.6 Å². The van der Waals surface area contributed by atoms with Crippen molar-refractivity contribution in [1.82, 2.24) is 10.2 Å². The molecule has 1 aliphatic carbocycles. The Morgan fingerprint density at radius 3 is 2.20 bits per heavy atom. The van der Waals surface area contributed by atoms with E-state index >= 15 is 0 Å². The highest BCUT2D eigenvalue weighted by Gasteiger charge is 2.31. The van der Waals surface area contributed by atoms with E-state index in [0.717, 1.165) is 36.2 Å². The quantitative estimate of drug-likeness (QED) is 0.508. The van der Waals surface area contributed by atoms with Crippen LogP contribution in [0.2, 0.25) is 10.0 Å². The predicted octanol–water partition coefficient (Wildman–Crippen LogP) is 4.37. The summed E-state index contributed by atoms with van der Waals surface area (Å²) in [6, 6.07) is 8.95. The summed E-state index contributed by atoms with van der Waals surface area (Å²) in [5.74, 6) is -1.37. The molecule has 7 nitrogen and oxygen atoms in total. The van der Waals surface area contributed by atoms with Crippen LogP contribution >= 0.6 is 23.2 Å². The standard InChI is InChI=1S/C24H28Cl2FN3O4S/c1-16(24(32)28-21-5-3-4-6-21)29(14-17-7-9-20(27)10-8-17)23(31)15-30(35(2,33)34)22-12-18(25)11-19(26)13-22/h7-13,16,21H,3-6,14-15H2,1-2H3,(H,28,32). The van der Waals surface area contributed by atoms with E-state index in [9.17, 15) is 22.4 Å². The molecule has 35 heavy (non-hydrogen) atoms. The number of nitrogens with zero attached hydrogens (tertiary/aromatic N) is 2. The lowest BCUT2D eigenvalue weighted by atomic mass is 10.1. The first-order valence-corrected chi connectivity index (χ1v) is 13.8. The fraction of sp³-hybridized carbons (Fsp3) is 0.417. The van der Waals surface area contributed by atoms with Crippen LogP contribution in [0.5, 0.6) is 0 Å². The van der Waals surface area contributed by atoms with Crippen LogP contribution < -0.4 is 9.62 Å². The van der Waals surface area contributed by atoms with Crippen molar-refractivity contribution in [2.75, 3.05) is 17.1 Å². The van der Waals surface area contributed by atoms with Gasteiger partial charge in [0.1, 0.15) is 18.4 Å². The van der Waals surface area contributed by atoms with Gasteiger partial charge in [-0.15, -0.1) is 0 Å². The Labute approximate surface area is 215 Å². The van der Waals surface area contributed by atoms with E-state index in [4.69, 9.17) is 23.2 Å². The van der Waals surface area contributed by atoms with E-state index in [2.05, 4.69) is 5.32 Å². The van der Waals surface area contributed by atoms with Crippen LogP contribution in [0.25, 0.3) is 0 Å². The third-order valence-corrected chi connectivity index (χ3v) is 7.53. The average molecular weight is 544 g/mol. The smallest absolute Gasteiger partial charge is 0.244 e. The minimum Gasteiger partial charge on any atom is -0.352 e. The lowest BCUT2D eigenvalue weighted by Gasteiger charge is -2.32. The monoisotopic (exact) mass is 543 g/mol. The van der Waals surface area contributed by atoms with Gasteiger partial charge in [0.15, 0.2) is 0 Å². The maximum Gasteiger partial charge on any atom is 0.244 e. The number of sulfonamides is 1. The second-order valence-corrected chi connectivity index (χ2v) is 11.5. The Kier molecular flexibility index (Phi) is 9.01. The van der Waals surface area contributed by atoms with Crippen LogP contribution in [0.1, 0.15) is 38.2 Å². The Morgan fingerprint density at radius 2 is 1.66 bits per heavy atom. The molecule has 2 aromatic rings. The second kappa shape index (κ2) is 11.6. The first-order valence-electron chi connectivity index (χ1n) is 11.2. The fourth-order valence-electron chi connectivity index (χ4n) is 4.06. The molecule has 1 N–H and O–H groups in total. The van der Waals surface area contributed by atoms with Gasteiger partial charge in [0.25, 0.3) is 0 Å². The highest BCUT2D eigenvalue weighted by Crippen LogP contribution is 2.27. The van der Waals surface area contributed by atoms with Crippen LogP contribution in [-0.4, -0.2) is 50.0 Å². The van der Waals surface area contributed by atoms with Crippen molar-refractivity contribution in [3.05, 3.63) is 63.9 Å². The summed E-state index contributed by atoms with van der Waals surface area (Å²) in [6.07, 6.45) is 4.78. The first-order chi connectivity index (χ1) is 16.4. The lowest BCUT2D eigenvalue weighted by molar-refractivity contribution is -0.139. The number of hydrogen-bond donors (Lipinski definition) is 1. The average Bonchev–Trinajstić information content (AvgIpc) is 3.28. The lowest BCUT2D eigenvalue weighted by Crippen LogP contribution is -2.52. The van der Waals surface area contributed by atoms with Gasteiger partial charge < -0.3 is 10.2 Å². The van der Waals surface area contributed by atoms with Gasteiger partial charge in [0.05, 0.1) is 11.9 Å². The number of amides is 2. The van der Waals surface area contributed by atoms with E-state index in [-0.39, 0.29) is 34.2 Å². The summed E-state index contributed by atoms with van der Waals surface area (Å²) in [6.45, 7) is 1.01. The molecule has 2 amide bonds. The van der Waals surface area contributed by atoms with Crippen LogP contribution in [0.3, 0.4) is 0 Å². The van der Waals surface area contributed by atoms with Crippen molar-refractivity contribution in [2.24, 2.45) is 0 Å². The van der Waals surface area contributed by atoms with E-state index in [1.54, 1.807) is 6.92 Å². The molecule has 1 fully saturated rings. The summed E-state index contributed by atoms with van der Waals surface area (Å²) in [5.41, 5.74) is 0.722. The third kappa shape index (κ3) is 7.56. The van der Waals surface area contributed by atoms with E-state index in [1.807, 2.05) is 0 Å². The molecule has 1 unspecified atom stereocenters. The van der Waals surface area contributed by atoms with Gasteiger partial charge in [0.2, 0.25) is 21.8 Å². The Balaban J connectivity index is 1.89. The number of halogens is 3. The molecule has 0 bridgehead atoms. The Hall–Kier alpha value is -2.36. The third-order valence-electron chi connectivity index (χ3n) is 5.95. The number of benzene rings is 2. The van der Waals surface area contributed by atoms with Crippen LogP contribution in [0.4, 0.5) is 10.1 Å². The normalized spacial score (nSPS) is 15.0. The van der Waals surface area contributed by atoms with Crippen LogP contribution in [0.15, 0.2) is 42.5 Å². The topological polar surface area (TPSA) is 86.8 Å². The molecule has 0 aliphatic heterocycles. The van der Waals surface area contributed by atoms with E-state index in [1.165, 1.54) is 47.4 Å². The van der Waals surface area contributed by atoms with Crippen molar-refractivity contribution in [3.63, 3.8) is 0 Å². The molecule has 2 aromatic carbocycles.